The molecular weight excluding hydrogens is 411 g/mol. The number of fused-ring (bicyclic) bond motifs is 3. The van der Waals surface area contributed by atoms with Crippen LogP contribution >= 0.6 is 11.3 Å². The summed E-state index contributed by atoms with van der Waals surface area (Å²) in [5.41, 5.74) is 2.46. The van der Waals surface area contributed by atoms with Crippen molar-refractivity contribution in [2.45, 2.75) is 20.4 Å². The zero-order valence-corrected chi connectivity index (χ0v) is 17.9. The lowest BCUT2D eigenvalue weighted by Crippen LogP contribution is -2.38. The number of aryl methyl sites for hydroxylation is 2. The van der Waals surface area contributed by atoms with Crippen LogP contribution in [-0.2, 0) is 6.54 Å². The number of halogens is 1. The van der Waals surface area contributed by atoms with Crippen molar-refractivity contribution in [3.05, 3.63) is 110 Å². The second-order valence-corrected chi connectivity index (χ2v) is 8.70. The molecule has 5 aromatic rings. The lowest BCUT2D eigenvalue weighted by molar-refractivity contribution is 0.615. The van der Waals surface area contributed by atoms with Crippen LogP contribution in [0.15, 0.2) is 76.3 Å². The number of rotatable bonds is 3. The Morgan fingerprint density at radius 1 is 0.903 bits per heavy atom. The standard InChI is InChI=1S/C25H19FN2O2S/c1-15-7-3-4-8-17(15)14-27-22-19-9-5-6-10-21(19)31-23(22)24(29)28(25(27)30)18-12-11-16(2)20(26)13-18/h3-13H,14H2,1-2H3. The summed E-state index contributed by atoms with van der Waals surface area (Å²) in [5, 5.41) is 0.868. The van der Waals surface area contributed by atoms with Crippen molar-refractivity contribution in [2.75, 3.05) is 0 Å². The molecule has 5 rings (SSSR count). The molecule has 31 heavy (non-hydrogen) atoms. The van der Waals surface area contributed by atoms with Gasteiger partial charge in [0.15, 0.2) is 0 Å². The van der Waals surface area contributed by atoms with Crippen LogP contribution in [0.2, 0.25) is 0 Å². The Kier molecular flexibility index (Phi) is 4.59. The molecule has 0 spiro atoms. The summed E-state index contributed by atoms with van der Waals surface area (Å²) in [7, 11) is 0. The van der Waals surface area contributed by atoms with Gasteiger partial charge in [-0.05, 0) is 48.7 Å². The predicted octanol–water partition coefficient (Wildman–Crippen LogP) is 5.17. The van der Waals surface area contributed by atoms with Gasteiger partial charge in [0.05, 0.1) is 17.7 Å². The van der Waals surface area contributed by atoms with Gasteiger partial charge in [-0.2, -0.15) is 0 Å². The van der Waals surface area contributed by atoms with Crippen molar-refractivity contribution in [1.82, 2.24) is 9.13 Å². The average Bonchev–Trinajstić information content (AvgIpc) is 3.15. The molecule has 3 aromatic carbocycles. The van der Waals surface area contributed by atoms with Gasteiger partial charge in [0, 0.05) is 10.1 Å². The van der Waals surface area contributed by atoms with Crippen LogP contribution in [0.5, 0.6) is 0 Å². The van der Waals surface area contributed by atoms with E-state index < -0.39 is 17.1 Å². The Morgan fingerprint density at radius 2 is 1.65 bits per heavy atom. The fourth-order valence-electron chi connectivity index (χ4n) is 3.90. The molecule has 0 atom stereocenters. The van der Waals surface area contributed by atoms with E-state index in [0.29, 0.717) is 22.3 Å². The summed E-state index contributed by atoms with van der Waals surface area (Å²) < 4.78 is 18.4. The van der Waals surface area contributed by atoms with Crippen LogP contribution in [0.1, 0.15) is 16.7 Å². The molecule has 0 amide bonds. The Balaban J connectivity index is 1.91. The van der Waals surface area contributed by atoms with E-state index in [9.17, 15) is 14.0 Å². The SMILES string of the molecule is Cc1ccc(-n2c(=O)c3sc4ccccc4c3n(Cc3ccccc3C)c2=O)cc1F. The quantitative estimate of drug-likeness (QED) is 0.396. The normalized spacial score (nSPS) is 11.5. The third kappa shape index (κ3) is 3.11. The lowest BCUT2D eigenvalue weighted by Gasteiger charge is -2.14. The highest BCUT2D eigenvalue weighted by Gasteiger charge is 2.20. The topological polar surface area (TPSA) is 44.0 Å². The van der Waals surface area contributed by atoms with E-state index in [1.54, 1.807) is 23.6 Å². The molecule has 2 aromatic heterocycles. The predicted molar refractivity (Wildman–Crippen MR) is 124 cm³/mol. The Bertz CT molecular complexity index is 1590. The summed E-state index contributed by atoms with van der Waals surface area (Å²) in [5.74, 6) is -0.453. The molecule has 0 saturated heterocycles. The van der Waals surface area contributed by atoms with E-state index in [-0.39, 0.29) is 5.69 Å². The van der Waals surface area contributed by atoms with Crippen molar-refractivity contribution in [1.29, 1.82) is 0 Å². The molecule has 6 heteroatoms. The summed E-state index contributed by atoms with van der Waals surface area (Å²) >= 11 is 1.36. The molecular formula is C25H19FN2O2S. The Morgan fingerprint density at radius 3 is 2.42 bits per heavy atom. The van der Waals surface area contributed by atoms with Gasteiger partial charge in [0.25, 0.3) is 5.56 Å². The molecule has 0 aliphatic rings. The summed E-state index contributed by atoms with van der Waals surface area (Å²) in [6.45, 7) is 3.96. The molecule has 0 fully saturated rings. The molecule has 0 radical (unpaired) electrons. The number of benzene rings is 3. The van der Waals surface area contributed by atoms with Crippen molar-refractivity contribution in [3.8, 4) is 5.69 Å². The van der Waals surface area contributed by atoms with Crippen LogP contribution < -0.4 is 11.2 Å². The monoisotopic (exact) mass is 430 g/mol. The highest BCUT2D eigenvalue weighted by molar-refractivity contribution is 7.25. The van der Waals surface area contributed by atoms with E-state index >= 15 is 0 Å². The lowest BCUT2D eigenvalue weighted by atomic mass is 10.1. The molecule has 0 N–H and O–H groups in total. The first-order valence-electron chi connectivity index (χ1n) is 9.94. The summed E-state index contributed by atoms with van der Waals surface area (Å²) in [6, 6.07) is 20.0. The van der Waals surface area contributed by atoms with Gasteiger partial charge in [-0.1, -0.05) is 48.5 Å². The van der Waals surface area contributed by atoms with Gasteiger partial charge >= 0.3 is 5.69 Å². The molecule has 154 valence electrons. The highest BCUT2D eigenvalue weighted by atomic mass is 32.1. The van der Waals surface area contributed by atoms with Crippen molar-refractivity contribution < 1.29 is 4.39 Å². The number of thiophene rings is 1. The number of hydrogen-bond donors (Lipinski definition) is 0. The van der Waals surface area contributed by atoms with Crippen molar-refractivity contribution in [3.63, 3.8) is 0 Å². The minimum Gasteiger partial charge on any atom is -0.287 e. The van der Waals surface area contributed by atoms with Crippen LogP contribution in [0.3, 0.4) is 0 Å². The zero-order valence-electron chi connectivity index (χ0n) is 17.1. The van der Waals surface area contributed by atoms with Gasteiger partial charge in [-0.25, -0.2) is 13.8 Å². The minimum atomic E-state index is -0.479. The largest absolute Gasteiger partial charge is 0.336 e. The van der Waals surface area contributed by atoms with Gasteiger partial charge in [-0.15, -0.1) is 11.3 Å². The van der Waals surface area contributed by atoms with Gasteiger partial charge in [-0.3, -0.25) is 9.36 Å². The van der Waals surface area contributed by atoms with Crippen molar-refractivity contribution in [2.24, 2.45) is 0 Å². The maximum Gasteiger partial charge on any atom is 0.336 e. The minimum absolute atomic E-state index is 0.232. The van der Waals surface area contributed by atoms with E-state index in [2.05, 4.69) is 0 Å². The first-order valence-corrected chi connectivity index (χ1v) is 10.8. The molecule has 0 bridgehead atoms. The third-order valence-corrected chi connectivity index (χ3v) is 6.81. The summed E-state index contributed by atoms with van der Waals surface area (Å²) in [4.78, 5) is 27.1. The number of nitrogens with zero attached hydrogens (tertiary/aromatic N) is 2. The smallest absolute Gasteiger partial charge is 0.287 e. The van der Waals surface area contributed by atoms with Crippen molar-refractivity contribution >= 4 is 31.6 Å². The fourth-order valence-corrected chi connectivity index (χ4v) is 5.04. The average molecular weight is 431 g/mol. The van der Waals surface area contributed by atoms with E-state index in [4.69, 9.17) is 0 Å². The first-order chi connectivity index (χ1) is 15.0. The van der Waals surface area contributed by atoms with Gasteiger partial charge in [0.1, 0.15) is 10.5 Å². The number of hydrogen-bond acceptors (Lipinski definition) is 3. The zero-order chi connectivity index (χ0) is 21.7. The molecule has 2 heterocycles. The summed E-state index contributed by atoms with van der Waals surface area (Å²) in [6.07, 6.45) is 0. The maximum absolute atomic E-state index is 14.3. The van der Waals surface area contributed by atoms with Gasteiger partial charge < -0.3 is 0 Å². The Labute approximate surface area is 181 Å². The van der Waals surface area contributed by atoms with Crippen LogP contribution in [-0.4, -0.2) is 9.13 Å². The van der Waals surface area contributed by atoms with Crippen LogP contribution in [0.4, 0.5) is 4.39 Å². The van der Waals surface area contributed by atoms with E-state index in [0.717, 1.165) is 25.8 Å². The van der Waals surface area contributed by atoms with Gasteiger partial charge in [0.2, 0.25) is 0 Å². The highest BCUT2D eigenvalue weighted by Crippen LogP contribution is 2.31. The second-order valence-electron chi connectivity index (χ2n) is 7.65. The van der Waals surface area contributed by atoms with E-state index in [1.165, 1.54) is 17.4 Å². The third-order valence-electron chi connectivity index (χ3n) is 5.66. The van der Waals surface area contributed by atoms with Crippen LogP contribution in [0.25, 0.3) is 26.0 Å². The fraction of sp³-hybridized carbons (Fsp3) is 0.120. The molecule has 0 saturated carbocycles. The number of aromatic nitrogens is 2. The molecule has 0 unspecified atom stereocenters. The maximum atomic E-state index is 14.3. The molecule has 0 aliphatic carbocycles. The molecule has 4 nitrogen and oxygen atoms in total. The molecule has 0 aliphatic heterocycles. The first kappa shape index (κ1) is 19.5. The second kappa shape index (κ2) is 7.32. The van der Waals surface area contributed by atoms with Crippen LogP contribution in [0, 0.1) is 19.7 Å². The Hall–Kier alpha value is -3.51. The van der Waals surface area contributed by atoms with E-state index in [1.807, 2.05) is 55.5 Å².